The number of carbonyl (C=O) groups is 1. The van der Waals surface area contributed by atoms with Crippen LogP contribution in [0.15, 0.2) is 12.7 Å². The number of aliphatic hydroxyl groups is 3. The summed E-state index contributed by atoms with van der Waals surface area (Å²) in [4.78, 5) is 23.9. The molecule has 0 aromatic carbocycles. The summed E-state index contributed by atoms with van der Waals surface area (Å²) in [6.45, 7) is 1.81. The lowest BCUT2D eigenvalue weighted by atomic mass is 10.1. The van der Waals surface area contributed by atoms with Crippen molar-refractivity contribution in [3.8, 4) is 0 Å². The fraction of sp³-hybridized carbons (Fsp3) is 0.538. The third-order valence-corrected chi connectivity index (χ3v) is 3.72. The number of rotatable bonds is 4. The van der Waals surface area contributed by atoms with Crippen LogP contribution in [0.4, 0.5) is 10.6 Å². The zero-order valence-electron chi connectivity index (χ0n) is 12.8. The lowest BCUT2D eigenvalue weighted by molar-refractivity contribution is -0.0511. The van der Waals surface area contributed by atoms with Crippen LogP contribution in [-0.2, 0) is 4.74 Å². The molecule has 2 aromatic heterocycles. The highest BCUT2D eigenvalue weighted by molar-refractivity contribution is 5.95. The Hall–Kier alpha value is -2.34. The summed E-state index contributed by atoms with van der Waals surface area (Å²) in [7, 11) is 0. The van der Waals surface area contributed by atoms with E-state index in [1.807, 2.05) is 0 Å². The van der Waals surface area contributed by atoms with E-state index in [2.05, 4.69) is 25.6 Å². The van der Waals surface area contributed by atoms with Crippen molar-refractivity contribution in [2.24, 2.45) is 0 Å². The number of ether oxygens (including phenoxy) is 1. The molecule has 0 spiro atoms. The Balaban J connectivity index is 1.93. The minimum absolute atomic E-state index is 0.205. The maximum atomic E-state index is 11.7. The van der Waals surface area contributed by atoms with Gasteiger partial charge in [0, 0.05) is 6.54 Å². The van der Waals surface area contributed by atoms with Crippen molar-refractivity contribution in [2.75, 3.05) is 18.5 Å². The number of hydrogen-bond donors (Lipinski definition) is 5. The molecule has 3 heterocycles. The van der Waals surface area contributed by atoms with Gasteiger partial charge in [-0.1, -0.05) is 0 Å². The van der Waals surface area contributed by atoms with Gasteiger partial charge in [-0.05, 0) is 6.92 Å². The highest BCUT2D eigenvalue weighted by Crippen LogP contribution is 2.31. The number of anilines is 1. The second kappa shape index (κ2) is 6.65. The molecule has 3 rings (SSSR count). The lowest BCUT2D eigenvalue weighted by Gasteiger charge is -2.16. The molecule has 0 saturated carbocycles. The second-order valence-electron chi connectivity index (χ2n) is 5.26. The molecule has 130 valence electrons. The number of urea groups is 1. The van der Waals surface area contributed by atoms with Crippen molar-refractivity contribution in [2.45, 2.75) is 31.5 Å². The summed E-state index contributed by atoms with van der Waals surface area (Å²) in [5.41, 5.74) is 0.619. The van der Waals surface area contributed by atoms with E-state index in [4.69, 9.17) is 4.74 Å². The first-order valence-corrected chi connectivity index (χ1v) is 7.41. The number of fused-ring (bicyclic) bond motifs is 1. The molecule has 0 aliphatic carbocycles. The third kappa shape index (κ3) is 2.78. The van der Waals surface area contributed by atoms with E-state index in [0.29, 0.717) is 17.7 Å². The number of amides is 2. The largest absolute Gasteiger partial charge is 0.394 e. The average molecular weight is 338 g/mol. The first-order chi connectivity index (χ1) is 11.6. The van der Waals surface area contributed by atoms with E-state index < -0.39 is 37.2 Å². The molecule has 1 aliphatic heterocycles. The molecular weight excluding hydrogens is 320 g/mol. The Bertz CT molecular complexity index is 737. The molecular formula is C13H18N6O5. The zero-order chi connectivity index (χ0) is 17.3. The Kier molecular flexibility index (Phi) is 4.57. The number of hydrogen-bond acceptors (Lipinski definition) is 8. The van der Waals surface area contributed by atoms with Gasteiger partial charge < -0.3 is 25.4 Å². The molecule has 24 heavy (non-hydrogen) atoms. The van der Waals surface area contributed by atoms with Crippen molar-refractivity contribution < 1.29 is 24.9 Å². The predicted octanol–water partition coefficient (Wildman–Crippen LogP) is -1.42. The van der Waals surface area contributed by atoms with Crippen molar-refractivity contribution >= 4 is 23.0 Å². The predicted molar refractivity (Wildman–Crippen MR) is 81.0 cm³/mol. The average Bonchev–Trinajstić information content (AvgIpc) is 3.11. The van der Waals surface area contributed by atoms with E-state index in [-0.39, 0.29) is 5.82 Å². The summed E-state index contributed by atoms with van der Waals surface area (Å²) < 4.78 is 6.88. The van der Waals surface area contributed by atoms with Gasteiger partial charge >= 0.3 is 6.03 Å². The normalized spacial score (nSPS) is 26.7. The van der Waals surface area contributed by atoms with Gasteiger partial charge in [-0.15, -0.1) is 0 Å². The molecule has 1 saturated heterocycles. The van der Waals surface area contributed by atoms with Gasteiger partial charge in [-0.25, -0.2) is 19.7 Å². The minimum atomic E-state index is -1.26. The van der Waals surface area contributed by atoms with Gasteiger partial charge in [0.15, 0.2) is 23.2 Å². The summed E-state index contributed by atoms with van der Waals surface area (Å²) >= 11 is 0. The van der Waals surface area contributed by atoms with E-state index in [1.165, 1.54) is 17.2 Å². The van der Waals surface area contributed by atoms with Gasteiger partial charge in [-0.2, -0.15) is 0 Å². The number of carbonyl (C=O) groups excluding carboxylic acids is 1. The maximum absolute atomic E-state index is 11.7. The summed E-state index contributed by atoms with van der Waals surface area (Å²) in [5.74, 6) is 0.205. The number of aliphatic hydroxyl groups excluding tert-OH is 3. The highest BCUT2D eigenvalue weighted by Gasteiger charge is 2.44. The molecule has 11 heteroatoms. The molecule has 1 aliphatic rings. The Morgan fingerprint density at radius 3 is 2.79 bits per heavy atom. The van der Waals surface area contributed by atoms with Crippen LogP contribution in [0.3, 0.4) is 0 Å². The SMILES string of the molecule is CCNC(=O)Nc1ncnc2c1ncn2[C@@H]1O[C@H](CO)[C@@H](O)[C@H]1O. The topological polar surface area (TPSA) is 155 Å². The van der Waals surface area contributed by atoms with Crippen LogP contribution in [-0.4, -0.2) is 72.3 Å². The first kappa shape index (κ1) is 16.5. The summed E-state index contributed by atoms with van der Waals surface area (Å²) in [5, 5.41) is 34.3. The van der Waals surface area contributed by atoms with Crippen molar-refractivity contribution in [3.05, 3.63) is 12.7 Å². The van der Waals surface area contributed by atoms with Gasteiger partial charge in [0.2, 0.25) is 0 Å². The standard InChI is InChI=1S/C13H18N6O5/c1-2-14-13(23)18-10-7-11(16-4-15-10)19(5-17-7)12-9(22)8(21)6(3-20)24-12/h4-6,8-9,12,20-22H,2-3H2,1H3,(H2,14,15,16,18,23)/t6-,8-,9-,12-/m1/s1. The number of imidazole rings is 1. The Morgan fingerprint density at radius 1 is 1.33 bits per heavy atom. The van der Waals surface area contributed by atoms with Gasteiger partial charge in [0.1, 0.15) is 24.6 Å². The highest BCUT2D eigenvalue weighted by atomic mass is 16.6. The van der Waals surface area contributed by atoms with Crippen LogP contribution in [0.5, 0.6) is 0 Å². The first-order valence-electron chi connectivity index (χ1n) is 7.41. The minimum Gasteiger partial charge on any atom is -0.394 e. The molecule has 0 bridgehead atoms. The Labute approximate surface area is 136 Å². The fourth-order valence-corrected chi connectivity index (χ4v) is 2.55. The molecule has 11 nitrogen and oxygen atoms in total. The summed E-state index contributed by atoms with van der Waals surface area (Å²) in [6.07, 6.45) is -1.75. The van der Waals surface area contributed by atoms with Crippen LogP contribution >= 0.6 is 0 Å². The molecule has 0 unspecified atom stereocenters. The molecule has 5 N–H and O–H groups in total. The molecule has 4 atom stereocenters. The van der Waals surface area contributed by atoms with Crippen LogP contribution in [0, 0.1) is 0 Å². The van der Waals surface area contributed by atoms with E-state index in [9.17, 15) is 20.1 Å². The molecule has 2 aromatic rings. The van der Waals surface area contributed by atoms with E-state index in [0.717, 1.165) is 0 Å². The quantitative estimate of drug-likeness (QED) is 0.455. The third-order valence-electron chi connectivity index (χ3n) is 3.72. The van der Waals surface area contributed by atoms with Crippen molar-refractivity contribution in [1.29, 1.82) is 0 Å². The van der Waals surface area contributed by atoms with Gasteiger partial charge in [0.25, 0.3) is 0 Å². The number of aromatic nitrogens is 4. The van der Waals surface area contributed by atoms with Crippen LogP contribution in [0.2, 0.25) is 0 Å². The number of nitrogens with one attached hydrogen (secondary N) is 2. The van der Waals surface area contributed by atoms with Crippen LogP contribution in [0.1, 0.15) is 13.2 Å². The van der Waals surface area contributed by atoms with Crippen molar-refractivity contribution in [1.82, 2.24) is 24.8 Å². The van der Waals surface area contributed by atoms with Crippen LogP contribution in [0.25, 0.3) is 11.2 Å². The van der Waals surface area contributed by atoms with Gasteiger partial charge in [-0.3, -0.25) is 9.88 Å². The fourth-order valence-electron chi connectivity index (χ4n) is 2.55. The summed E-state index contributed by atoms with van der Waals surface area (Å²) in [6, 6.07) is -0.431. The van der Waals surface area contributed by atoms with E-state index in [1.54, 1.807) is 6.92 Å². The van der Waals surface area contributed by atoms with Gasteiger partial charge in [0.05, 0.1) is 12.9 Å². The molecule has 1 fully saturated rings. The smallest absolute Gasteiger partial charge is 0.320 e. The molecule has 0 radical (unpaired) electrons. The monoisotopic (exact) mass is 338 g/mol. The zero-order valence-corrected chi connectivity index (χ0v) is 12.8. The molecule has 2 amide bonds. The lowest BCUT2D eigenvalue weighted by Crippen LogP contribution is -2.33. The van der Waals surface area contributed by atoms with Crippen LogP contribution < -0.4 is 10.6 Å². The maximum Gasteiger partial charge on any atom is 0.320 e. The number of nitrogens with zero attached hydrogens (tertiary/aromatic N) is 4. The second-order valence-corrected chi connectivity index (χ2v) is 5.26. The van der Waals surface area contributed by atoms with Crippen molar-refractivity contribution in [3.63, 3.8) is 0 Å². The van der Waals surface area contributed by atoms with E-state index >= 15 is 0 Å². The Morgan fingerprint density at radius 2 is 2.12 bits per heavy atom.